The monoisotopic (exact) mass is 246 g/mol. The van der Waals surface area contributed by atoms with Crippen molar-refractivity contribution in [3.05, 3.63) is 57.5 Å². The quantitative estimate of drug-likeness (QED) is 0.900. The van der Waals surface area contributed by atoms with Crippen LogP contribution in [-0.4, -0.2) is 0 Å². The van der Waals surface area contributed by atoms with Gasteiger partial charge >= 0.3 is 0 Å². The van der Waals surface area contributed by atoms with Gasteiger partial charge in [-0.3, -0.25) is 0 Å². The highest BCUT2D eigenvalue weighted by molar-refractivity contribution is 7.07. The first-order valence-electron chi connectivity index (χ1n) is 5.20. The lowest BCUT2D eigenvalue weighted by Gasteiger charge is -2.05. The van der Waals surface area contributed by atoms with E-state index in [0.717, 1.165) is 0 Å². The van der Waals surface area contributed by atoms with Gasteiger partial charge in [0, 0.05) is 18.7 Å². The number of benzene rings is 1. The van der Waals surface area contributed by atoms with E-state index in [1.54, 1.807) is 23.5 Å². The number of hydrogen-bond acceptors (Lipinski definition) is 3. The SMILES string of the molecule is N#Cc1cccc(CNCc2ccsc2)c1F. The molecule has 0 saturated carbocycles. The van der Waals surface area contributed by atoms with Gasteiger partial charge in [0.25, 0.3) is 0 Å². The van der Waals surface area contributed by atoms with Gasteiger partial charge in [-0.05, 0) is 28.5 Å². The number of hydrogen-bond donors (Lipinski definition) is 1. The highest BCUT2D eigenvalue weighted by Gasteiger charge is 2.06. The number of thiophene rings is 1. The lowest BCUT2D eigenvalue weighted by molar-refractivity contribution is 0.585. The van der Waals surface area contributed by atoms with Crippen LogP contribution < -0.4 is 5.32 Å². The standard InChI is InChI=1S/C13H11FN2S/c14-13-11(6-15)2-1-3-12(13)8-16-7-10-4-5-17-9-10/h1-5,9,16H,7-8H2. The minimum absolute atomic E-state index is 0.0971. The molecule has 1 aromatic carbocycles. The second-order valence-corrected chi connectivity index (χ2v) is 4.41. The van der Waals surface area contributed by atoms with E-state index in [4.69, 9.17) is 5.26 Å². The van der Waals surface area contributed by atoms with Crippen molar-refractivity contribution in [1.29, 1.82) is 5.26 Å². The summed E-state index contributed by atoms with van der Waals surface area (Å²) < 4.78 is 13.7. The van der Waals surface area contributed by atoms with Crippen LogP contribution in [0.4, 0.5) is 4.39 Å². The van der Waals surface area contributed by atoms with Crippen LogP contribution in [0, 0.1) is 17.1 Å². The second kappa shape index (κ2) is 5.58. The molecule has 0 unspecified atom stereocenters. The average molecular weight is 246 g/mol. The van der Waals surface area contributed by atoms with Crippen molar-refractivity contribution in [2.24, 2.45) is 0 Å². The fourth-order valence-electron chi connectivity index (χ4n) is 1.54. The summed E-state index contributed by atoms with van der Waals surface area (Å²) in [5, 5.41) is 15.9. The summed E-state index contributed by atoms with van der Waals surface area (Å²) in [6.07, 6.45) is 0. The molecule has 1 aromatic heterocycles. The van der Waals surface area contributed by atoms with Crippen molar-refractivity contribution >= 4 is 11.3 Å². The lowest BCUT2D eigenvalue weighted by Crippen LogP contribution is -2.13. The molecule has 2 nitrogen and oxygen atoms in total. The van der Waals surface area contributed by atoms with Crippen LogP contribution in [0.25, 0.3) is 0 Å². The highest BCUT2D eigenvalue weighted by Crippen LogP contribution is 2.12. The predicted octanol–water partition coefficient (Wildman–Crippen LogP) is 3.05. The molecule has 0 aliphatic rings. The zero-order chi connectivity index (χ0) is 12.1. The lowest BCUT2D eigenvalue weighted by atomic mass is 10.1. The smallest absolute Gasteiger partial charge is 0.145 e. The van der Waals surface area contributed by atoms with Gasteiger partial charge in [0.15, 0.2) is 0 Å². The first kappa shape index (κ1) is 11.8. The van der Waals surface area contributed by atoms with Crippen LogP contribution in [-0.2, 0) is 13.1 Å². The Morgan fingerprint density at radius 2 is 2.18 bits per heavy atom. The van der Waals surface area contributed by atoms with Gasteiger partial charge in [0.05, 0.1) is 5.56 Å². The van der Waals surface area contributed by atoms with Crippen molar-refractivity contribution in [1.82, 2.24) is 5.32 Å². The van der Waals surface area contributed by atoms with Crippen LogP contribution in [0.3, 0.4) is 0 Å². The maximum absolute atomic E-state index is 13.7. The maximum Gasteiger partial charge on any atom is 0.145 e. The molecule has 1 N–H and O–H groups in total. The number of nitrogens with zero attached hydrogens (tertiary/aromatic N) is 1. The minimum Gasteiger partial charge on any atom is -0.308 e. The Morgan fingerprint density at radius 3 is 2.88 bits per heavy atom. The van der Waals surface area contributed by atoms with Crippen molar-refractivity contribution in [2.75, 3.05) is 0 Å². The number of halogens is 1. The first-order valence-corrected chi connectivity index (χ1v) is 6.15. The molecule has 0 aliphatic heterocycles. The van der Waals surface area contributed by atoms with Crippen LogP contribution in [0.15, 0.2) is 35.0 Å². The molecule has 0 saturated heterocycles. The molecule has 0 radical (unpaired) electrons. The van der Waals surface area contributed by atoms with Gasteiger partial charge in [0.2, 0.25) is 0 Å². The van der Waals surface area contributed by atoms with E-state index >= 15 is 0 Å². The van der Waals surface area contributed by atoms with E-state index in [1.807, 2.05) is 17.5 Å². The van der Waals surface area contributed by atoms with Crippen molar-refractivity contribution in [3.63, 3.8) is 0 Å². The molecule has 1 heterocycles. The number of rotatable bonds is 4. The molecule has 0 fully saturated rings. The molecule has 2 rings (SSSR count). The second-order valence-electron chi connectivity index (χ2n) is 3.63. The normalized spacial score (nSPS) is 10.1. The van der Waals surface area contributed by atoms with E-state index in [9.17, 15) is 4.39 Å². The van der Waals surface area contributed by atoms with Gasteiger partial charge in [-0.25, -0.2) is 4.39 Å². The Balaban J connectivity index is 1.98. The summed E-state index contributed by atoms with van der Waals surface area (Å²) in [4.78, 5) is 0. The minimum atomic E-state index is -0.423. The first-order chi connectivity index (χ1) is 8.31. The summed E-state index contributed by atoms with van der Waals surface area (Å²) in [6.45, 7) is 1.14. The molecular weight excluding hydrogens is 235 g/mol. The summed E-state index contributed by atoms with van der Waals surface area (Å²) in [6, 6.07) is 8.74. The average Bonchev–Trinajstić information content (AvgIpc) is 2.84. The fourth-order valence-corrected chi connectivity index (χ4v) is 2.21. The fraction of sp³-hybridized carbons (Fsp3) is 0.154. The van der Waals surface area contributed by atoms with E-state index in [0.29, 0.717) is 18.7 Å². The third kappa shape index (κ3) is 2.90. The summed E-state index contributed by atoms with van der Waals surface area (Å²) in [5.74, 6) is -0.423. The third-order valence-corrected chi connectivity index (χ3v) is 3.16. The summed E-state index contributed by atoms with van der Waals surface area (Å²) in [5.41, 5.74) is 1.81. The molecule has 0 spiro atoms. The number of nitrogens with one attached hydrogen (secondary N) is 1. The molecule has 0 amide bonds. The van der Waals surface area contributed by atoms with Gasteiger partial charge < -0.3 is 5.32 Å². The molecule has 0 bridgehead atoms. The molecule has 0 atom stereocenters. The van der Waals surface area contributed by atoms with Crippen molar-refractivity contribution < 1.29 is 4.39 Å². The largest absolute Gasteiger partial charge is 0.308 e. The van der Waals surface area contributed by atoms with E-state index < -0.39 is 5.82 Å². The Bertz CT molecular complexity index is 529. The zero-order valence-corrected chi connectivity index (χ0v) is 9.93. The Kier molecular flexibility index (Phi) is 3.86. The third-order valence-electron chi connectivity index (χ3n) is 2.42. The van der Waals surface area contributed by atoms with Crippen molar-refractivity contribution in [2.45, 2.75) is 13.1 Å². The van der Waals surface area contributed by atoms with Gasteiger partial charge in [-0.2, -0.15) is 16.6 Å². The van der Waals surface area contributed by atoms with E-state index in [2.05, 4.69) is 10.7 Å². The Labute approximate surface area is 103 Å². The van der Waals surface area contributed by atoms with Gasteiger partial charge in [0.1, 0.15) is 11.9 Å². The predicted molar refractivity (Wildman–Crippen MR) is 66.0 cm³/mol. The van der Waals surface area contributed by atoms with Gasteiger partial charge in [-0.15, -0.1) is 0 Å². The highest BCUT2D eigenvalue weighted by atomic mass is 32.1. The molecule has 4 heteroatoms. The van der Waals surface area contributed by atoms with Gasteiger partial charge in [-0.1, -0.05) is 12.1 Å². The van der Waals surface area contributed by atoms with Crippen LogP contribution in [0.2, 0.25) is 0 Å². The topological polar surface area (TPSA) is 35.8 Å². The van der Waals surface area contributed by atoms with E-state index in [-0.39, 0.29) is 5.56 Å². The Hall–Kier alpha value is -1.70. The zero-order valence-electron chi connectivity index (χ0n) is 9.11. The van der Waals surface area contributed by atoms with Crippen LogP contribution >= 0.6 is 11.3 Å². The summed E-state index contributed by atoms with van der Waals surface area (Å²) in [7, 11) is 0. The molecule has 86 valence electrons. The molecular formula is C13H11FN2S. The Morgan fingerprint density at radius 1 is 1.29 bits per heavy atom. The number of nitriles is 1. The van der Waals surface area contributed by atoms with Crippen LogP contribution in [0.5, 0.6) is 0 Å². The summed E-state index contributed by atoms with van der Waals surface area (Å²) >= 11 is 1.64. The molecule has 17 heavy (non-hydrogen) atoms. The molecule has 0 aliphatic carbocycles. The maximum atomic E-state index is 13.7. The van der Waals surface area contributed by atoms with Crippen LogP contribution in [0.1, 0.15) is 16.7 Å². The van der Waals surface area contributed by atoms with Crippen molar-refractivity contribution in [3.8, 4) is 6.07 Å². The van der Waals surface area contributed by atoms with E-state index in [1.165, 1.54) is 11.6 Å². The molecule has 2 aromatic rings.